The van der Waals surface area contributed by atoms with Crippen molar-refractivity contribution in [1.29, 1.82) is 0 Å². The Morgan fingerprint density at radius 2 is 1.84 bits per heavy atom. The van der Waals surface area contributed by atoms with E-state index in [4.69, 9.17) is 14.7 Å². The number of rotatable bonds is 6. The summed E-state index contributed by atoms with van der Waals surface area (Å²) in [6.07, 6.45) is 2.56. The van der Waals surface area contributed by atoms with E-state index in [0.29, 0.717) is 38.3 Å². The Balaban J connectivity index is 1.39. The van der Waals surface area contributed by atoms with Crippen LogP contribution in [0.25, 0.3) is 6.08 Å². The fourth-order valence-electron chi connectivity index (χ4n) is 3.56. The van der Waals surface area contributed by atoms with Gasteiger partial charge < -0.3 is 9.47 Å². The van der Waals surface area contributed by atoms with Crippen LogP contribution in [-0.4, -0.2) is 61.7 Å². The number of carbonyl (C=O) groups excluding carboxylic acids is 1. The molecule has 0 unspecified atom stereocenters. The average molecular weight is 445 g/mol. The smallest absolute Gasteiger partial charge is 0.267 e. The van der Waals surface area contributed by atoms with E-state index in [2.05, 4.69) is 4.90 Å². The largest absolute Gasteiger partial charge is 0.454 e. The number of hydroxylamine groups is 1. The molecule has 2 N–H and O–H groups in total. The Morgan fingerprint density at radius 3 is 2.61 bits per heavy atom. The van der Waals surface area contributed by atoms with Crippen LogP contribution >= 0.6 is 0 Å². The molecule has 1 fully saturated rings. The predicted molar refractivity (Wildman–Crippen MR) is 112 cm³/mol. The first-order chi connectivity index (χ1) is 15.0. The third-order valence-corrected chi connectivity index (χ3v) is 7.10. The maximum Gasteiger partial charge on any atom is 0.267 e. The first-order valence-corrected chi connectivity index (χ1v) is 11.2. The summed E-state index contributed by atoms with van der Waals surface area (Å²) in [5, 5.41) is 8.55. The molecular formula is C21H23N3O6S. The Labute approximate surface area is 180 Å². The molecule has 2 aromatic rings. The van der Waals surface area contributed by atoms with E-state index >= 15 is 0 Å². The quantitative estimate of drug-likeness (QED) is 0.393. The van der Waals surface area contributed by atoms with Crippen LogP contribution in [0.15, 0.2) is 53.4 Å². The third-order valence-electron chi connectivity index (χ3n) is 5.21. The molecule has 2 aromatic carbocycles. The maximum atomic E-state index is 13.1. The number of carbonyl (C=O) groups is 1. The van der Waals surface area contributed by atoms with Gasteiger partial charge >= 0.3 is 0 Å². The lowest BCUT2D eigenvalue weighted by atomic mass is 10.2. The molecule has 1 amide bonds. The van der Waals surface area contributed by atoms with Gasteiger partial charge in [-0.2, -0.15) is 4.31 Å². The minimum Gasteiger partial charge on any atom is -0.454 e. The average Bonchev–Trinajstić information content (AvgIpc) is 3.26. The molecule has 0 radical (unpaired) electrons. The van der Waals surface area contributed by atoms with Gasteiger partial charge in [0.2, 0.25) is 16.8 Å². The van der Waals surface area contributed by atoms with E-state index in [1.807, 2.05) is 18.2 Å². The molecule has 0 spiro atoms. The van der Waals surface area contributed by atoms with Crippen LogP contribution in [0.5, 0.6) is 11.5 Å². The van der Waals surface area contributed by atoms with Gasteiger partial charge in [-0.05, 0) is 41.5 Å². The molecule has 0 atom stereocenters. The highest BCUT2D eigenvalue weighted by Gasteiger charge is 2.28. The number of hydrogen-bond acceptors (Lipinski definition) is 7. The minimum atomic E-state index is -3.65. The second kappa shape index (κ2) is 9.06. The molecular weight excluding hydrogens is 422 g/mol. The number of ether oxygens (including phenoxy) is 2. The summed E-state index contributed by atoms with van der Waals surface area (Å²) in [6, 6.07) is 12.2. The normalized spacial score (nSPS) is 17.2. The summed E-state index contributed by atoms with van der Waals surface area (Å²) in [4.78, 5) is 13.5. The van der Waals surface area contributed by atoms with Crippen molar-refractivity contribution in [3.8, 4) is 11.5 Å². The topological polar surface area (TPSA) is 108 Å². The van der Waals surface area contributed by atoms with Gasteiger partial charge in [0.1, 0.15) is 0 Å². The molecule has 0 aromatic heterocycles. The zero-order valence-electron chi connectivity index (χ0n) is 16.7. The third kappa shape index (κ3) is 4.88. The molecule has 0 saturated carbocycles. The van der Waals surface area contributed by atoms with Crippen LogP contribution in [-0.2, 0) is 21.4 Å². The van der Waals surface area contributed by atoms with Crippen molar-refractivity contribution in [1.82, 2.24) is 14.7 Å². The lowest BCUT2D eigenvalue weighted by Gasteiger charge is -2.34. The summed E-state index contributed by atoms with van der Waals surface area (Å²) in [6.45, 7) is 2.95. The fourth-order valence-corrected chi connectivity index (χ4v) is 5.04. The van der Waals surface area contributed by atoms with Crippen LogP contribution < -0.4 is 15.0 Å². The minimum absolute atomic E-state index is 0.170. The monoisotopic (exact) mass is 445 g/mol. The second-order valence-corrected chi connectivity index (χ2v) is 9.19. The maximum absolute atomic E-state index is 13.1. The van der Waals surface area contributed by atoms with Gasteiger partial charge in [0.15, 0.2) is 11.5 Å². The van der Waals surface area contributed by atoms with Gasteiger partial charge in [0, 0.05) is 38.8 Å². The molecule has 2 aliphatic rings. The van der Waals surface area contributed by atoms with Crippen molar-refractivity contribution in [2.45, 2.75) is 11.4 Å². The Morgan fingerprint density at radius 1 is 1.06 bits per heavy atom. The lowest BCUT2D eigenvalue weighted by Crippen LogP contribution is -2.48. The van der Waals surface area contributed by atoms with Gasteiger partial charge in [-0.3, -0.25) is 14.9 Å². The van der Waals surface area contributed by atoms with E-state index in [0.717, 1.165) is 23.1 Å². The summed E-state index contributed by atoms with van der Waals surface area (Å²) in [7, 11) is -3.65. The number of nitrogens with zero attached hydrogens (tertiary/aromatic N) is 2. The second-order valence-electron chi connectivity index (χ2n) is 7.25. The van der Waals surface area contributed by atoms with Gasteiger partial charge in [-0.15, -0.1) is 0 Å². The van der Waals surface area contributed by atoms with Crippen LogP contribution in [0, 0.1) is 0 Å². The Hall–Kier alpha value is -2.92. The van der Waals surface area contributed by atoms with Gasteiger partial charge in [-0.25, -0.2) is 13.9 Å². The van der Waals surface area contributed by atoms with Crippen molar-refractivity contribution < 1.29 is 27.9 Å². The number of piperazine rings is 1. The predicted octanol–water partition coefficient (Wildman–Crippen LogP) is 1.44. The summed E-state index contributed by atoms with van der Waals surface area (Å²) >= 11 is 0. The summed E-state index contributed by atoms with van der Waals surface area (Å²) in [5.74, 6) is 0.796. The molecule has 9 nitrogen and oxygen atoms in total. The van der Waals surface area contributed by atoms with E-state index in [-0.39, 0.29) is 11.7 Å². The fraction of sp³-hybridized carbons (Fsp3) is 0.286. The van der Waals surface area contributed by atoms with E-state index in [1.54, 1.807) is 12.1 Å². The number of fused-ring (bicyclic) bond motifs is 1. The van der Waals surface area contributed by atoms with Crippen molar-refractivity contribution >= 4 is 22.0 Å². The zero-order chi connectivity index (χ0) is 21.8. The van der Waals surface area contributed by atoms with Crippen molar-refractivity contribution in [3.63, 3.8) is 0 Å². The molecule has 0 bridgehead atoms. The molecule has 1 saturated heterocycles. The van der Waals surface area contributed by atoms with E-state index in [1.165, 1.54) is 28.0 Å². The molecule has 0 aliphatic carbocycles. The van der Waals surface area contributed by atoms with Crippen LogP contribution in [0.2, 0.25) is 0 Å². The van der Waals surface area contributed by atoms with Crippen LogP contribution in [0.1, 0.15) is 11.1 Å². The first-order valence-electron chi connectivity index (χ1n) is 9.79. The van der Waals surface area contributed by atoms with Crippen LogP contribution in [0.3, 0.4) is 0 Å². The summed E-state index contributed by atoms with van der Waals surface area (Å²) < 4.78 is 38.4. The highest BCUT2D eigenvalue weighted by Crippen LogP contribution is 2.33. The standard InChI is InChI=1S/C21H23N3O6S/c25-21(22-26)7-5-16-2-1-3-18(12-16)31(27,28)24-10-8-23(9-11-24)14-17-4-6-19-20(13-17)30-15-29-19/h1-7,12-13,26H,8-11,14-15H2,(H,22,25)/b7-5+. The summed E-state index contributed by atoms with van der Waals surface area (Å²) in [5.41, 5.74) is 3.13. The highest BCUT2D eigenvalue weighted by atomic mass is 32.2. The van der Waals surface area contributed by atoms with Gasteiger partial charge in [-0.1, -0.05) is 18.2 Å². The molecule has 2 aliphatic heterocycles. The number of hydrogen-bond donors (Lipinski definition) is 2. The number of sulfonamides is 1. The highest BCUT2D eigenvalue weighted by molar-refractivity contribution is 7.89. The Kier molecular flexibility index (Phi) is 6.23. The molecule has 10 heteroatoms. The van der Waals surface area contributed by atoms with Crippen molar-refractivity contribution in [2.24, 2.45) is 0 Å². The molecule has 164 valence electrons. The number of amides is 1. The van der Waals surface area contributed by atoms with E-state index < -0.39 is 15.9 Å². The SMILES string of the molecule is O=C(/C=C/c1cccc(S(=O)(=O)N2CCN(Cc3ccc4c(c3)OCO4)CC2)c1)NO. The Bertz CT molecular complexity index is 1090. The lowest BCUT2D eigenvalue weighted by molar-refractivity contribution is -0.124. The van der Waals surface area contributed by atoms with E-state index in [9.17, 15) is 13.2 Å². The first kappa shape index (κ1) is 21.3. The molecule has 4 rings (SSSR count). The zero-order valence-corrected chi connectivity index (χ0v) is 17.5. The number of nitrogens with one attached hydrogen (secondary N) is 1. The van der Waals surface area contributed by atoms with Gasteiger partial charge in [0.25, 0.3) is 5.91 Å². The molecule has 2 heterocycles. The van der Waals surface area contributed by atoms with Crippen LogP contribution in [0.4, 0.5) is 0 Å². The van der Waals surface area contributed by atoms with Gasteiger partial charge in [0.05, 0.1) is 4.90 Å². The van der Waals surface area contributed by atoms with Crippen molar-refractivity contribution in [2.75, 3.05) is 33.0 Å². The van der Waals surface area contributed by atoms with Crippen molar-refractivity contribution in [3.05, 3.63) is 59.7 Å². The molecule has 31 heavy (non-hydrogen) atoms. The number of benzene rings is 2.